The Hall–Kier alpha value is 0.200. The summed E-state index contributed by atoms with van der Waals surface area (Å²) in [6.45, 7) is 3.77. The van der Waals surface area contributed by atoms with E-state index in [4.69, 9.17) is 4.74 Å². The number of hydrogen-bond acceptors (Lipinski definition) is 2. The number of unbranched alkanes of at least 4 members (excludes halogenated alkanes) is 3. The quantitative estimate of drug-likeness (QED) is 0.312. The lowest BCUT2D eigenvalue weighted by Gasteiger charge is -2.07. The summed E-state index contributed by atoms with van der Waals surface area (Å²) in [6.07, 6.45) is 5.23. The highest BCUT2D eigenvalue weighted by molar-refractivity contribution is 14.1. The van der Waals surface area contributed by atoms with Gasteiger partial charge in [0.25, 0.3) is 0 Å². The van der Waals surface area contributed by atoms with Crippen LogP contribution in [0.15, 0.2) is 0 Å². The Kier molecular flexibility index (Phi) is 8.92. The number of carbonyl (C=O) groups is 1. The van der Waals surface area contributed by atoms with E-state index in [9.17, 15) is 4.79 Å². The molecular weight excluding hydrogens is 279 g/mol. The molecule has 0 amide bonds. The zero-order chi connectivity index (χ0) is 10.1. The second-order valence-electron chi connectivity index (χ2n) is 3.39. The van der Waals surface area contributed by atoms with Gasteiger partial charge >= 0.3 is 5.97 Å². The SMILES string of the molecule is CC(C)OC(=O)CCCCCCI. The van der Waals surface area contributed by atoms with Crippen molar-refractivity contribution in [1.82, 2.24) is 0 Å². The Bertz CT molecular complexity index is 135. The van der Waals surface area contributed by atoms with Gasteiger partial charge in [0.15, 0.2) is 0 Å². The van der Waals surface area contributed by atoms with Gasteiger partial charge in [-0.3, -0.25) is 4.79 Å². The Balaban J connectivity index is 3.17. The van der Waals surface area contributed by atoms with Crippen LogP contribution in [0.25, 0.3) is 0 Å². The van der Waals surface area contributed by atoms with Gasteiger partial charge in [0.2, 0.25) is 0 Å². The molecule has 13 heavy (non-hydrogen) atoms. The van der Waals surface area contributed by atoms with Gasteiger partial charge in [-0.15, -0.1) is 0 Å². The van der Waals surface area contributed by atoms with Gasteiger partial charge in [-0.25, -0.2) is 0 Å². The van der Waals surface area contributed by atoms with Crippen molar-refractivity contribution in [2.75, 3.05) is 4.43 Å². The third-order valence-corrected chi connectivity index (χ3v) is 2.39. The summed E-state index contributed by atoms with van der Waals surface area (Å²) in [5.74, 6) is -0.0514. The van der Waals surface area contributed by atoms with E-state index in [1.165, 1.54) is 17.3 Å². The molecule has 78 valence electrons. The highest BCUT2D eigenvalue weighted by Gasteiger charge is 2.03. The molecule has 0 aliphatic carbocycles. The van der Waals surface area contributed by atoms with Crippen molar-refractivity contribution in [2.45, 2.75) is 52.1 Å². The Morgan fingerprint density at radius 3 is 2.38 bits per heavy atom. The van der Waals surface area contributed by atoms with Crippen LogP contribution < -0.4 is 0 Å². The highest BCUT2D eigenvalue weighted by Crippen LogP contribution is 2.06. The Morgan fingerprint density at radius 2 is 1.85 bits per heavy atom. The molecule has 3 heteroatoms. The van der Waals surface area contributed by atoms with Crippen LogP contribution in [0.3, 0.4) is 0 Å². The van der Waals surface area contributed by atoms with Crippen molar-refractivity contribution in [1.29, 1.82) is 0 Å². The summed E-state index contributed by atoms with van der Waals surface area (Å²) in [5.41, 5.74) is 0. The average Bonchev–Trinajstić information content (AvgIpc) is 2.02. The number of ether oxygens (including phenoxy) is 1. The fourth-order valence-corrected chi connectivity index (χ4v) is 1.58. The van der Waals surface area contributed by atoms with Crippen LogP contribution in [-0.4, -0.2) is 16.5 Å². The Labute approximate surface area is 94.6 Å². The van der Waals surface area contributed by atoms with Gasteiger partial charge in [-0.1, -0.05) is 35.4 Å². The fourth-order valence-electron chi connectivity index (χ4n) is 1.04. The summed E-state index contributed by atoms with van der Waals surface area (Å²) in [5, 5.41) is 0. The molecule has 0 atom stereocenters. The van der Waals surface area contributed by atoms with Gasteiger partial charge in [0, 0.05) is 6.42 Å². The first-order valence-electron chi connectivity index (χ1n) is 4.92. The van der Waals surface area contributed by atoms with E-state index < -0.39 is 0 Å². The van der Waals surface area contributed by atoms with Gasteiger partial charge < -0.3 is 4.74 Å². The summed E-state index contributed by atoms with van der Waals surface area (Å²) in [6, 6.07) is 0. The molecule has 0 aromatic rings. The van der Waals surface area contributed by atoms with Gasteiger partial charge in [0.1, 0.15) is 0 Å². The zero-order valence-corrected chi connectivity index (χ0v) is 10.7. The van der Waals surface area contributed by atoms with E-state index in [-0.39, 0.29) is 12.1 Å². The number of alkyl halides is 1. The standard InChI is InChI=1S/C10H19IO2/c1-9(2)13-10(12)7-5-3-4-6-8-11/h9H,3-8H2,1-2H3. The number of carbonyl (C=O) groups excluding carboxylic acids is 1. The van der Waals surface area contributed by atoms with Crippen molar-refractivity contribution in [3.05, 3.63) is 0 Å². The molecule has 0 fully saturated rings. The molecule has 0 heterocycles. The van der Waals surface area contributed by atoms with Crippen LogP contribution in [-0.2, 0) is 9.53 Å². The molecule has 0 aromatic heterocycles. The predicted molar refractivity (Wildman–Crippen MR) is 63.2 cm³/mol. The number of esters is 1. The highest BCUT2D eigenvalue weighted by atomic mass is 127. The molecule has 0 saturated heterocycles. The van der Waals surface area contributed by atoms with Crippen LogP contribution in [0.2, 0.25) is 0 Å². The van der Waals surface area contributed by atoms with E-state index in [0.717, 1.165) is 12.8 Å². The van der Waals surface area contributed by atoms with Crippen LogP contribution in [0.5, 0.6) is 0 Å². The molecule has 0 N–H and O–H groups in total. The minimum absolute atomic E-state index is 0.0295. The summed E-state index contributed by atoms with van der Waals surface area (Å²) >= 11 is 2.38. The predicted octanol–water partition coefficient (Wildman–Crippen LogP) is 3.32. The largest absolute Gasteiger partial charge is 0.463 e. The van der Waals surface area contributed by atoms with Gasteiger partial charge in [0.05, 0.1) is 6.10 Å². The first-order valence-corrected chi connectivity index (χ1v) is 6.45. The lowest BCUT2D eigenvalue weighted by atomic mass is 10.1. The smallest absolute Gasteiger partial charge is 0.306 e. The monoisotopic (exact) mass is 298 g/mol. The summed E-state index contributed by atoms with van der Waals surface area (Å²) in [4.78, 5) is 11.1. The molecule has 0 aliphatic heterocycles. The van der Waals surface area contributed by atoms with Crippen molar-refractivity contribution < 1.29 is 9.53 Å². The van der Waals surface area contributed by atoms with E-state index >= 15 is 0 Å². The van der Waals surface area contributed by atoms with Crippen LogP contribution in [0.4, 0.5) is 0 Å². The second kappa shape index (κ2) is 8.78. The Morgan fingerprint density at radius 1 is 1.23 bits per heavy atom. The topological polar surface area (TPSA) is 26.3 Å². The van der Waals surface area contributed by atoms with E-state index in [0.29, 0.717) is 6.42 Å². The minimum Gasteiger partial charge on any atom is -0.463 e. The van der Waals surface area contributed by atoms with E-state index in [1.54, 1.807) is 0 Å². The molecule has 2 nitrogen and oxygen atoms in total. The normalized spacial score (nSPS) is 10.5. The maximum absolute atomic E-state index is 11.1. The molecular formula is C10H19IO2. The van der Waals surface area contributed by atoms with Crippen LogP contribution >= 0.6 is 22.6 Å². The number of rotatable bonds is 7. The number of halogens is 1. The lowest BCUT2D eigenvalue weighted by Crippen LogP contribution is -2.10. The lowest BCUT2D eigenvalue weighted by molar-refractivity contribution is -0.147. The average molecular weight is 298 g/mol. The van der Waals surface area contributed by atoms with Crippen molar-refractivity contribution in [3.63, 3.8) is 0 Å². The molecule has 0 aromatic carbocycles. The van der Waals surface area contributed by atoms with Crippen molar-refractivity contribution >= 4 is 28.6 Å². The molecule has 0 saturated carbocycles. The molecule has 0 rings (SSSR count). The third-order valence-electron chi connectivity index (χ3n) is 1.63. The van der Waals surface area contributed by atoms with E-state index in [1.807, 2.05) is 13.8 Å². The molecule has 0 unspecified atom stereocenters. The summed E-state index contributed by atoms with van der Waals surface area (Å²) < 4.78 is 6.23. The molecule has 0 radical (unpaired) electrons. The van der Waals surface area contributed by atoms with E-state index in [2.05, 4.69) is 22.6 Å². The first kappa shape index (κ1) is 13.2. The fraction of sp³-hybridized carbons (Fsp3) is 0.900. The summed E-state index contributed by atoms with van der Waals surface area (Å²) in [7, 11) is 0. The maximum Gasteiger partial charge on any atom is 0.306 e. The van der Waals surface area contributed by atoms with Crippen molar-refractivity contribution in [3.8, 4) is 0 Å². The third kappa shape index (κ3) is 10.1. The van der Waals surface area contributed by atoms with Gasteiger partial charge in [-0.2, -0.15) is 0 Å². The minimum atomic E-state index is -0.0514. The number of hydrogen-bond donors (Lipinski definition) is 0. The van der Waals surface area contributed by atoms with Crippen LogP contribution in [0, 0.1) is 0 Å². The molecule has 0 aliphatic rings. The maximum atomic E-state index is 11.1. The van der Waals surface area contributed by atoms with Gasteiger partial charge in [-0.05, 0) is 31.1 Å². The van der Waals surface area contributed by atoms with Crippen LogP contribution in [0.1, 0.15) is 46.0 Å². The molecule has 0 spiro atoms. The zero-order valence-electron chi connectivity index (χ0n) is 8.51. The molecule has 0 bridgehead atoms. The van der Waals surface area contributed by atoms with Crippen molar-refractivity contribution in [2.24, 2.45) is 0 Å². The second-order valence-corrected chi connectivity index (χ2v) is 4.47. The first-order chi connectivity index (χ1) is 6.16.